The number of nitrogens with zero attached hydrogens (tertiary/aromatic N) is 6. The maximum Gasteiger partial charge on any atom is 0.229 e. The van der Waals surface area contributed by atoms with Gasteiger partial charge in [-0.3, -0.25) is 4.90 Å². The van der Waals surface area contributed by atoms with Gasteiger partial charge in [-0.15, -0.1) is 0 Å². The number of hydrogen-bond acceptors (Lipinski definition) is 8. The normalized spacial score (nSPS) is 18.9. The predicted octanol–water partition coefficient (Wildman–Crippen LogP) is 5.16. The summed E-state index contributed by atoms with van der Waals surface area (Å²) in [6.45, 7) is 12.4. The molecule has 5 rings (SSSR count). The van der Waals surface area contributed by atoms with E-state index in [0.717, 1.165) is 18.3 Å². The minimum atomic E-state index is -0.659. The van der Waals surface area contributed by atoms with Crippen molar-refractivity contribution in [2.75, 3.05) is 25.0 Å². The first-order valence-corrected chi connectivity index (χ1v) is 13.5. The Morgan fingerprint density at radius 2 is 1.90 bits per heavy atom. The van der Waals surface area contributed by atoms with Crippen LogP contribution in [-0.2, 0) is 11.3 Å². The van der Waals surface area contributed by atoms with Gasteiger partial charge in [-0.2, -0.15) is 0 Å². The summed E-state index contributed by atoms with van der Waals surface area (Å²) in [7, 11) is 0. The van der Waals surface area contributed by atoms with Gasteiger partial charge in [0.05, 0.1) is 30.0 Å². The van der Waals surface area contributed by atoms with E-state index in [1.54, 1.807) is 19.2 Å². The van der Waals surface area contributed by atoms with Gasteiger partial charge in [-0.25, -0.2) is 28.7 Å². The van der Waals surface area contributed by atoms with Gasteiger partial charge in [0.2, 0.25) is 5.95 Å². The molecular formula is C29H35F2N7O2. The third kappa shape index (κ3) is 5.96. The van der Waals surface area contributed by atoms with Gasteiger partial charge < -0.3 is 19.7 Å². The minimum absolute atomic E-state index is 0.0170. The number of morpholine rings is 1. The average molecular weight is 552 g/mol. The lowest BCUT2D eigenvalue weighted by Crippen LogP contribution is -2.50. The number of aromatic nitrogens is 5. The molecular weight excluding hydrogens is 516 g/mol. The van der Waals surface area contributed by atoms with Crippen molar-refractivity contribution < 1.29 is 18.6 Å². The molecule has 2 atom stereocenters. The number of anilines is 2. The lowest BCUT2D eigenvalue weighted by atomic mass is 9.96. The Kier molecular flexibility index (Phi) is 7.80. The molecule has 2 unspecified atom stereocenters. The molecule has 1 aliphatic heterocycles. The Morgan fingerprint density at radius 1 is 1.10 bits per heavy atom. The number of aryl methyl sites for hydroxylation is 1. The number of imidazole rings is 1. The first-order valence-electron chi connectivity index (χ1n) is 13.5. The van der Waals surface area contributed by atoms with Crippen molar-refractivity contribution in [1.82, 2.24) is 29.4 Å². The molecule has 40 heavy (non-hydrogen) atoms. The van der Waals surface area contributed by atoms with Gasteiger partial charge in [0.25, 0.3) is 0 Å². The Hall–Kier alpha value is -3.54. The Labute approximate surface area is 232 Å². The molecule has 3 aromatic heterocycles. The maximum atomic E-state index is 15.0. The average Bonchev–Trinajstić information content (AvgIpc) is 3.22. The fraction of sp³-hybridized carbons (Fsp3) is 0.448. The van der Waals surface area contributed by atoms with Crippen molar-refractivity contribution in [3.8, 4) is 11.3 Å². The highest BCUT2D eigenvalue weighted by molar-refractivity contribution is 5.83. The standard InChI is InChI=1S/C29H35F2N7O2/c1-17(2)38-19(4)34-27-22(30)10-21(11-24(27)38)26-23(31)14-33-28(36-26)35-25-7-6-20(13-32-25)15-37-8-9-40-29(5,16-37)12-18(3)39/h6-7,10-11,13-14,17-18,39H,8-9,12,15-16H2,1-5H3,(H,32,33,35,36). The zero-order valence-corrected chi connectivity index (χ0v) is 23.4. The lowest BCUT2D eigenvalue weighted by Gasteiger charge is -2.41. The number of aliphatic hydroxyl groups is 1. The van der Waals surface area contributed by atoms with E-state index in [0.29, 0.717) is 48.8 Å². The van der Waals surface area contributed by atoms with E-state index in [-0.39, 0.29) is 28.8 Å². The molecule has 1 fully saturated rings. The largest absolute Gasteiger partial charge is 0.393 e. The molecule has 4 aromatic rings. The maximum absolute atomic E-state index is 15.0. The van der Waals surface area contributed by atoms with E-state index < -0.39 is 17.7 Å². The quantitative estimate of drug-likeness (QED) is 0.310. The zero-order valence-electron chi connectivity index (χ0n) is 23.4. The number of pyridine rings is 1. The van der Waals surface area contributed by atoms with Gasteiger partial charge in [0.1, 0.15) is 22.9 Å². The van der Waals surface area contributed by atoms with Crippen LogP contribution < -0.4 is 5.32 Å². The van der Waals surface area contributed by atoms with Crippen molar-refractivity contribution >= 4 is 22.8 Å². The van der Waals surface area contributed by atoms with Gasteiger partial charge >= 0.3 is 0 Å². The Bertz CT molecular complexity index is 1510. The molecule has 9 nitrogen and oxygen atoms in total. The summed E-state index contributed by atoms with van der Waals surface area (Å²) in [5.41, 5.74) is 1.74. The molecule has 0 amide bonds. The first-order chi connectivity index (χ1) is 19.0. The number of nitrogens with one attached hydrogen (secondary N) is 1. The predicted molar refractivity (Wildman–Crippen MR) is 149 cm³/mol. The van der Waals surface area contributed by atoms with Crippen LogP contribution >= 0.6 is 0 Å². The highest BCUT2D eigenvalue weighted by Gasteiger charge is 2.33. The molecule has 0 bridgehead atoms. The smallest absolute Gasteiger partial charge is 0.229 e. The van der Waals surface area contributed by atoms with Crippen LogP contribution in [0.25, 0.3) is 22.3 Å². The van der Waals surface area contributed by atoms with E-state index in [1.165, 1.54) is 6.07 Å². The van der Waals surface area contributed by atoms with E-state index in [1.807, 2.05) is 44.4 Å². The van der Waals surface area contributed by atoms with Crippen LogP contribution in [-0.4, -0.2) is 65.9 Å². The summed E-state index contributed by atoms with van der Waals surface area (Å²) in [4.78, 5) is 19.5. The number of halogens is 2. The molecule has 0 radical (unpaired) electrons. The molecule has 1 saturated heterocycles. The van der Waals surface area contributed by atoms with Crippen molar-refractivity contribution in [2.45, 2.75) is 65.3 Å². The number of hydrogen-bond donors (Lipinski definition) is 2. The van der Waals surface area contributed by atoms with Crippen molar-refractivity contribution in [1.29, 1.82) is 0 Å². The minimum Gasteiger partial charge on any atom is -0.393 e. The van der Waals surface area contributed by atoms with Gasteiger partial charge in [-0.05, 0) is 58.4 Å². The lowest BCUT2D eigenvalue weighted by molar-refractivity contribution is -0.117. The summed E-state index contributed by atoms with van der Waals surface area (Å²) in [5.74, 6) is 0.132. The number of aliphatic hydroxyl groups excluding tert-OH is 1. The summed E-state index contributed by atoms with van der Waals surface area (Å²) in [6.07, 6.45) is 2.98. The van der Waals surface area contributed by atoms with Crippen molar-refractivity contribution in [3.63, 3.8) is 0 Å². The molecule has 0 spiro atoms. The van der Waals surface area contributed by atoms with Gasteiger partial charge in [0.15, 0.2) is 11.6 Å². The van der Waals surface area contributed by atoms with Crippen LogP contribution in [0.1, 0.15) is 51.5 Å². The van der Waals surface area contributed by atoms with E-state index in [9.17, 15) is 13.9 Å². The van der Waals surface area contributed by atoms with Gasteiger partial charge in [-0.1, -0.05) is 6.07 Å². The van der Waals surface area contributed by atoms with Crippen molar-refractivity contribution in [2.24, 2.45) is 0 Å². The number of ether oxygens (including phenoxy) is 1. The number of rotatable bonds is 8. The van der Waals surface area contributed by atoms with Crippen LogP contribution in [0.4, 0.5) is 20.5 Å². The molecule has 2 N–H and O–H groups in total. The van der Waals surface area contributed by atoms with Crippen LogP contribution in [0.5, 0.6) is 0 Å². The summed E-state index contributed by atoms with van der Waals surface area (Å²) >= 11 is 0. The SMILES string of the molecule is Cc1nc2c(F)cc(-c3nc(Nc4ccc(CN5CCOC(C)(CC(C)O)C5)cn4)ncc3F)cc2n1C(C)C. The molecule has 0 saturated carbocycles. The van der Waals surface area contributed by atoms with Crippen LogP contribution in [0.2, 0.25) is 0 Å². The second-order valence-electron chi connectivity index (χ2n) is 11.1. The van der Waals surface area contributed by atoms with Crippen LogP contribution in [0, 0.1) is 18.6 Å². The Morgan fingerprint density at radius 3 is 2.60 bits per heavy atom. The fourth-order valence-corrected chi connectivity index (χ4v) is 5.55. The highest BCUT2D eigenvalue weighted by atomic mass is 19.1. The van der Waals surface area contributed by atoms with Gasteiger partial charge in [0, 0.05) is 43.9 Å². The Balaban J connectivity index is 1.33. The number of fused-ring (bicyclic) bond motifs is 1. The fourth-order valence-electron chi connectivity index (χ4n) is 5.55. The summed E-state index contributed by atoms with van der Waals surface area (Å²) in [5, 5.41) is 12.8. The summed E-state index contributed by atoms with van der Waals surface area (Å²) < 4.78 is 37.7. The van der Waals surface area contributed by atoms with E-state index >= 15 is 0 Å². The molecule has 212 valence electrons. The van der Waals surface area contributed by atoms with Crippen LogP contribution in [0.15, 0.2) is 36.7 Å². The topological polar surface area (TPSA) is 101 Å². The second kappa shape index (κ2) is 11.1. The molecule has 0 aliphatic carbocycles. The van der Waals surface area contributed by atoms with E-state index in [4.69, 9.17) is 4.74 Å². The first kappa shape index (κ1) is 28.0. The molecule has 1 aromatic carbocycles. The van der Waals surface area contributed by atoms with E-state index in [2.05, 4.69) is 30.2 Å². The third-order valence-corrected chi connectivity index (χ3v) is 7.07. The summed E-state index contributed by atoms with van der Waals surface area (Å²) in [6, 6.07) is 6.78. The third-order valence-electron chi connectivity index (χ3n) is 7.07. The zero-order chi connectivity index (χ0) is 28.6. The molecule has 1 aliphatic rings. The van der Waals surface area contributed by atoms with Crippen molar-refractivity contribution in [3.05, 3.63) is 59.7 Å². The number of benzene rings is 1. The highest BCUT2D eigenvalue weighted by Crippen LogP contribution is 2.30. The van der Waals surface area contributed by atoms with Crippen LogP contribution in [0.3, 0.4) is 0 Å². The molecule has 11 heteroatoms. The monoisotopic (exact) mass is 551 g/mol. The second-order valence-corrected chi connectivity index (χ2v) is 11.1. The molecule has 4 heterocycles.